The van der Waals surface area contributed by atoms with Gasteiger partial charge in [0.2, 0.25) is 0 Å². The van der Waals surface area contributed by atoms with Gasteiger partial charge in [0.25, 0.3) is 0 Å². The van der Waals surface area contributed by atoms with Gasteiger partial charge in [-0.1, -0.05) is 13.3 Å². The molecule has 0 amide bonds. The molecule has 1 N–H and O–H groups in total. The minimum absolute atomic E-state index is 0.208. The minimum Gasteiger partial charge on any atom is -0.497 e. The van der Waals surface area contributed by atoms with Gasteiger partial charge in [-0.25, -0.2) is 0 Å². The van der Waals surface area contributed by atoms with Gasteiger partial charge < -0.3 is 14.8 Å². The van der Waals surface area contributed by atoms with Gasteiger partial charge in [0.15, 0.2) is 0 Å². The van der Waals surface area contributed by atoms with E-state index in [-0.39, 0.29) is 6.04 Å². The summed E-state index contributed by atoms with van der Waals surface area (Å²) in [6, 6.07) is 7.78. The van der Waals surface area contributed by atoms with Gasteiger partial charge in [0.1, 0.15) is 11.8 Å². The second-order valence-corrected chi connectivity index (χ2v) is 4.11. The monoisotopic (exact) mass is 248 g/mol. The molecule has 1 aromatic carbocycles. The summed E-state index contributed by atoms with van der Waals surface area (Å²) in [5, 5.41) is 12.4. The molecule has 0 saturated heterocycles. The number of anilines is 1. The molecule has 98 valence electrons. The van der Waals surface area contributed by atoms with Crippen molar-refractivity contribution in [1.82, 2.24) is 0 Å². The van der Waals surface area contributed by atoms with Gasteiger partial charge in [0.05, 0.1) is 25.0 Å². The van der Waals surface area contributed by atoms with Crippen molar-refractivity contribution in [3.63, 3.8) is 0 Å². The van der Waals surface area contributed by atoms with Gasteiger partial charge in [0, 0.05) is 19.2 Å². The second kappa shape index (κ2) is 7.57. The summed E-state index contributed by atoms with van der Waals surface area (Å²) in [7, 11) is 3.30. The zero-order valence-electron chi connectivity index (χ0n) is 11.2. The van der Waals surface area contributed by atoms with Crippen LogP contribution in [0.2, 0.25) is 0 Å². The summed E-state index contributed by atoms with van der Waals surface area (Å²) >= 11 is 0. The number of ether oxygens (including phenoxy) is 2. The Hall–Kier alpha value is -1.73. The van der Waals surface area contributed by atoms with Crippen LogP contribution in [-0.4, -0.2) is 26.9 Å². The van der Waals surface area contributed by atoms with Crippen LogP contribution in [0.4, 0.5) is 5.69 Å². The van der Waals surface area contributed by atoms with Crippen molar-refractivity contribution >= 4 is 5.69 Å². The standard InChI is InChI=1S/C14H20N2O2/c1-4-5-12(10-17-2)16-14-8-13(18-3)7-6-11(14)9-15/h6-8,12,16H,4-5,10H2,1-3H3. The summed E-state index contributed by atoms with van der Waals surface area (Å²) in [6.45, 7) is 2.75. The number of nitrogens with one attached hydrogen (secondary N) is 1. The lowest BCUT2D eigenvalue weighted by atomic mass is 10.1. The lowest BCUT2D eigenvalue weighted by Crippen LogP contribution is -2.25. The molecule has 0 aromatic heterocycles. The normalized spacial score (nSPS) is 11.7. The third kappa shape index (κ3) is 3.94. The first-order valence-electron chi connectivity index (χ1n) is 6.08. The molecule has 0 aliphatic carbocycles. The van der Waals surface area contributed by atoms with E-state index in [2.05, 4.69) is 18.3 Å². The molecular formula is C14H20N2O2. The summed E-state index contributed by atoms with van der Waals surface area (Å²) in [5.41, 5.74) is 1.42. The number of rotatable bonds is 7. The first-order chi connectivity index (χ1) is 8.74. The number of methoxy groups -OCH3 is 2. The number of hydrogen-bond donors (Lipinski definition) is 1. The SMILES string of the molecule is CCCC(COC)Nc1cc(OC)ccc1C#N. The fourth-order valence-electron chi connectivity index (χ4n) is 1.83. The van der Waals surface area contributed by atoms with E-state index in [0.717, 1.165) is 24.3 Å². The van der Waals surface area contributed by atoms with Gasteiger partial charge in [-0.3, -0.25) is 0 Å². The number of benzene rings is 1. The van der Waals surface area contributed by atoms with E-state index >= 15 is 0 Å². The average molecular weight is 248 g/mol. The Morgan fingerprint density at radius 3 is 2.72 bits per heavy atom. The lowest BCUT2D eigenvalue weighted by molar-refractivity contribution is 0.182. The maximum absolute atomic E-state index is 9.09. The molecule has 18 heavy (non-hydrogen) atoms. The zero-order chi connectivity index (χ0) is 13.4. The lowest BCUT2D eigenvalue weighted by Gasteiger charge is -2.19. The van der Waals surface area contributed by atoms with E-state index in [1.165, 1.54) is 0 Å². The van der Waals surface area contributed by atoms with Crippen molar-refractivity contribution in [3.8, 4) is 11.8 Å². The van der Waals surface area contributed by atoms with Gasteiger partial charge in [-0.05, 0) is 18.6 Å². The Morgan fingerprint density at radius 2 is 2.17 bits per heavy atom. The molecule has 0 saturated carbocycles. The van der Waals surface area contributed by atoms with E-state index < -0.39 is 0 Å². The number of nitriles is 1. The van der Waals surface area contributed by atoms with Crippen LogP contribution in [0.15, 0.2) is 18.2 Å². The molecule has 0 fully saturated rings. The molecule has 0 bridgehead atoms. The molecule has 0 radical (unpaired) electrons. The van der Waals surface area contributed by atoms with Crippen molar-refractivity contribution in [2.75, 3.05) is 26.1 Å². The Labute approximate surface area is 109 Å². The molecule has 4 heteroatoms. The van der Waals surface area contributed by atoms with Crippen LogP contribution in [0, 0.1) is 11.3 Å². The molecule has 0 heterocycles. The van der Waals surface area contributed by atoms with Crippen molar-refractivity contribution < 1.29 is 9.47 Å². The summed E-state index contributed by atoms with van der Waals surface area (Å²) < 4.78 is 10.4. The predicted molar refractivity (Wildman–Crippen MR) is 71.9 cm³/mol. The Kier molecular flexibility index (Phi) is 6.03. The highest BCUT2D eigenvalue weighted by Gasteiger charge is 2.11. The van der Waals surface area contributed by atoms with Crippen molar-refractivity contribution in [2.45, 2.75) is 25.8 Å². The molecule has 4 nitrogen and oxygen atoms in total. The highest BCUT2D eigenvalue weighted by molar-refractivity contribution is 5.60. The largest absolute Gasteiger partial charge is 0.497 e. The van der Waals surface area contributed by atoms with E-state index in [4.69, 9.17) is 14.7 Å². The first kappa shape index (κ1) is 14.3. The van der Waals surface area contributed by atoms with Crippen LogP contribution in [0.3, 0.4) is 0 Å². The molecule has 1 unspecified atom stereocenters. The molecule has 0 spiro atoms. The third-order valence-corrected chi connectivity index (χ3v) is 2.71. The fraction of sp³-hybridized carbons (Fsp3) is 0.500. The molecule has 1 atom stereocenters. The fourth-order valence-corrected chi connectivity index (χ4v) is 1.83. The van der Waals surface area contributed by atoms with E-state index in [9.17, 15) is 0 Å². The van der Waals surface area contributed by atoms with Gasteiger partial charge in [-0.2, -0.15) is 5.26 Å². The minimum atomic E-state index is 0.208. The molecular weight excluding hydrogens is 228 g/mol. The van der Waals surface area contributed by atoms with Crippen molar-refractivity contribution in [1.29, 1.82) is 5.26 Å². The Morgan fingerprint density at radius 1 is 1.39 bits per heavy atom. The number of nitrogens with zero attached hydrogens (tertiary/aromatic N) is 1. The summed E-state index contributed by atoms with van der Waals surface area (Å²) in [6.07, 6.45) is 2.06. The van der Waals surface area contributed by atoms with Crippen LogP contribution in [0.25, 0.3) is 0 Å². The topological polar surface area (TPSA) is 54.3 Å². The quantitative estimate of drug-likeness (QED) is 0.806. The van der Waals surface area contributed by atoms with Gasteiger partial charge in [-0.15, -0.1) is 0 Å². The molecule has 0 aliphatic heterocycles. The zero-order valence-corrected chi connectivity index (χ0v) is 11.2. The molecule has 0 aliphatic rings. The summed E-state index contributed by atoms with van der Waals surface area (Å²) in [4.78, 5) is 0. The van der Waals surface area contributed by atoms with E-state index in [1.807, 2.05) is 6.07 Å². The van der Waals surface area contributed by atoms with Crippen LogP contribution in [-0.2, 0) is 4.74 Å². The number of hydrogen-bond acceptors (Lipinski definition) is 4. The smallest absolute Gasteiger partial charge is 0.121 e. The maximum atomic E-state index is 9.09. The maximum Gasteiger partial charge on any atom is 0.121 e. The molecule has 1 rings (SSSR count). The van der Waals surface area contributed by atoms with Crippen molar-refractivity contribution in [3.05, 3.63) is 23.8 Å². The Balaban J connectivity index is 2.88. The highest BCUT2D eigenvalue weighted by atomic mass is 16.5. The first-order valence-corrected chi connectivity index (χ1v) is 6.08. The van der Waals surface area contributed by atoms with Gasteiger partial charge >= 0.3 is 0 Å². The Bertz CT molecular complexity index is 407. The molecule has 1 aromatic rings. The summed E-state index contributed by atoms with van der Waals surface area (Å²) in [5.74, 6) is 0.740. The second-order valence-electron chi connectivity index (χ2n) is 4.11. The highest BCUT2D eigenvalue weighted by Crippen LogP contribution is 2.23. The van der Waals surface area contributed by atoms with Crippen molar-refractivity contribution in [2.24, 2.45) is 0 Å². The predicted octanol–water partition coefficient (Wildman–Crippen LogP) is 2.79. The average Bonchev–Trinajstić information content (AvgIpc) is 2.39. The van der Waals surface area contributed by atoms with E-state index in [1.54, 1.807) is 26.4 Å². The van der Waals surface area contributed by atoms with Crippen LogP contribution in [0.1, 0.15) is 25.3 Å². The van der Waals surface area contributed by atoms with Crippen LogP contribution >= 0.6 is 0 Å². The van der Waals surface area contributed by atoms with Crippen LogP contribution in [0.5, 0.6) is 5.75 Å². The van der Waals surface area contributed by atoms with Crippen LogP contribution < -0.4 is 10.1 Å². The van der Waals surface area contributed by atoms with E-state index in [0.29, 0.717) is 12.2 Å². The third-order valence-electron chi connectivity index (χ3n) is 2.71.